The van der Waals surface area contributed by atoms with Gasteiger partial charge in [-0.1, -0.05) is 35.9 Å². The van der Waals surface area contributed by atoms with Crippen molar-refractivity contribution in [3.63, 3.8) is 0 Å². The molecule has 7 nitrogen and oxygen atoms in total. The molecule has 5 heterocycles. The van der Waals surface area contributed by atoms with E-state index in [-0.39, 0.29) is 11.9 Å². The predicted octanol–water partition coefficient (Wildman–Crippen LogP) is 5.10. The lowest BCUT2D eigenvalue weighted by Gasteiger charge is -2.47. The standard InChI is InChI=1S/C29H30ClN5O2/c1-19-6-11-26(37-2)32-27(19)29(36)34-16-20-12-14-33(23(15-20)17-34)18-24-28(21-7-9-22(30)10-8-21)31-25-5-3-4-13-35(24)25/h3-11,13,20,23H,12,14-18H2,1-2H3. The van der Waals surface area contributed by atoms with Gasteiger partial charge >= 0.3 is 0 Å². The molecule has 2 unspecified atom stereocenters. The number of imidazole rings is 1. The maximum atomic E-state index is 13.5. The van der Waals surface area contributed by atoms with Gasteiger partial charge in [-0.15, -0.1) is 0 Å². The zero-order valence-electron chi connectivity index (χ0n) is 21.1. The van der Waals surface area contributed by atoms with Crippen molar-refractivity contribution in [2.75, 3.05) is 26.7 Å². The highest BCUT2D eigenvalue weighted by atomic mass is 35.5. The van der Waals surface area contributed by atoms with Crippen molar-refractivity contribution in [2.45, 2.75) is 32.4 Å². The van der Waals surface area contributed by atoms with E-state index in [1.165, 1.54) is 0 Å². The lowest BCUT2D eigenvalue weighted by molar-refractivity contribution is 0.0152. The number of hydrogen-bond acceptors (Lipinski definition) is 5. The fraction of sp³-hybridized carbons (Fsp3) is 0.345. The average Bonchev–Trinajstić information content (AvgIpc) is 3.28. The summed E-state index contributed by atoms with van der Waals surface area (Å²) in [6.07, 6.45) is 4.25. The number of halogens is 1. The summed E-state index contributed by atoms with van der Waals surface area (Å²) in [5, 5.41) is 0.712. The number of hydrogen-bond donors (Lipinski definition) is 0. The summed E-state index contributed by atoms with van der Waals surface area (Å²) in [5.41, 5.74) is 5.47. The molecule has 2 aliphatic heterocycles. The van der Waals surface area contributed by atoms with E-state index in [1.807, 2.05) is 60.4 Å². The molecule has 2 aliphatic rings. The largest absolute Gasteiger partial charge is 0.481 e. The second-order valence-electron chi connectivity index (χ2n) is 10.1. The first-order valence-corrected chi connectivity index (χ1v) is 13.1. The highest BCUT2D eigenvalue weighted by molar-refractivity contribution is 6.30. The zero-order chi connectivity index (χ0) is 25.5. The van der Waals surface area contributed by atoms with Gasteiger partial charge in [0.2, 0.25) is 5.88 Å². The minimum absolute atomic E-state index is 0.00962. The molecule has 1 amide bonds. The van der Waals surface area contributed by atoms with E-state index in [4.69, 9.17) is 21.3 Å². The Hall–Kier alpha value is -3.42. The van der Waals surface area contributed by atoms with Gasteiger partial charge in [0.15, 0.2) is 0 Å². The fourth-order valence-electron chi connectivity index (χ4n) is 5.77. The molecule has 2 fully saturated rings. The quantitative estimate of drug-likeness (QED) is 0.370. The lowest BCUT2D eigenvalue weighted by atomic mass is 9.86. The highest BCUT2D eigenvalue weighted by Crippen LogP contribution is 2.33. The summed E-state index contributed by atoms with van der Waals surface area (Å²) in [4.78, 5) is 27.5. The molecule has 2 bridgehead atoms. The third-order valence-corrected chi connectivity index (χ3v) is 7.98. The van der Waals surface area contributed by atoms with Gasteiger partial charge in [-0.3, -0.25) is 9.69 Å². The Morgan fingerprint density at radius 3 is 2.73 bits per heavy atom. The number of benzene rings is 1. The third kappa shape index (κ3) is 4.58. The molecule has 37 heavy (non-hydrogen) atoms. The van der Waals surface area contributed by atoms with Crippen LogP contribution in [-0.4, -0.2) is 62.9 Å². The summed E-state index contributed by atoms with van der Waals surface area (Å²) in [7, 11) is 1.58. The second kappa shape index (κ2) is 9.80. The first-order valence-electron chi connectivity index (χ1n) is 12.8. The van der Waals surface area contributed by atoms with E-state index < -0.39 is 0 Å². The van der Waals surface area contributed by atoms with E-state index in [2.05, 4.69) is 20.5 Å². The van der Waals surface area contributed by atoms with Crippen LogP contribution in [0.15, 0.2) is 60.8 Å². The van der Waals surface area contributed by atoms with Crippen molar-refractivity contribution in [3.8, 4) is 17.1 Å². The summed E-state index contributed by atoms with van der Waals surface area (Å²) in [5.74, 6) is 0.961. The number of piperidine rings is 2. The Balaban J connectivity index is 1.28. The van der Waals surface area contributed by atoms with Crippen LogP contribution in [0.3, 0.4) is 0 Å². The van der Waals surface area contributed by atoms with Crippen LogP contribution in [0.25, 0.3) is 16.9 Å². The Labute approximate surface area is 221 Å². The number of nitrogens with zero attached hydrogens (tertiary/aromatic N) is 5. The van der Waals surface area contributed by atoms with E-state index >= 15 is 0 Å². The first-order chi connectivity index (χ1) is 18.0. The van der Waals surface area contributed by atoms with Crippen LogP contribution in [0.1, 0.15) is 34.6 Å². The number of pyridine rings is 2. The molecular weight excluding hydrogens is 486 g/mol. The van der Waals surface area contributed by atoms with Crippen LogP contribution in [0.4, 0.5) is 0 Å². The molecule has 2 atom stereocenters. The zero-order valence-corrected chi connectivity index (χ0v) is 21.9. The number of aryl methyl sites for hydroxylation is 1. The SMILES string of the molecule is COc1ccc(C)c(C(=O)N2CC3CCN(Cc4c(-c5ccc(Cl)cc5)nc5ccccn45)C(C3)C2)n1. The van der Waals surface area contributed by atoms with Gasteiger partial charge < -0.3 is 14.0 Å². The number of amides is 1. The number of rotatable bonds is 5. The van der Waals surface area contributed by atoms with Crippen LogP contribution >= 0.6 is 11.6 Å². The smallest absolute Gasteiger partial charge is 0.272 e. The Kier molecular flexibility index (Phi) is 6.34. The van der Waals surface area contributed by atoms with Crippen LogP contribution in [0.2, 0.25) is 5.02 Å². The molecular formula is C29H30ClN5O2. The van der Waals surface area contributed by atoms with Crippen LogP contribution in [0, 0.1) is 12.8 Å². The molecule has 3 aromatic heterocycles. The van der Waals surface area contributed by atoms with Gasteiger partial charge in [-0.2, -0.15) is 0 Å². The Bertz CT molecular complexity index is 1450. The van der Waals surface area contributed by atoms with Gasteiger partial charge in [0.05, 0.1) is 18.5 Å². The van der Waals surface area contributed by atoms with Crippen molar-refractivity contribution in [1.82, 2.24) is 24.2 Å². The Morgan fingerprint density at radius 2 is 1.92 bits per heavy atom. The average molecular weight is 516 g/mol. The summed E-state index contributed by atoms with van der Waals surface area (Å²) in [6, 6.07) is 18.0. The third-order valence-electron chi connectivity index (χ3n) is 7.73. The number of carbonyl (C=O) groups excluding carboxylic acids is 1. The van der Waals surface area contributed by atoms with Gasteiger partial charge in [0.25, 0.3) is 5.91 Å². The van der Waals surface area contributed by atoms with Crippen molar-refractivity contribution in [2.24, 2.45) is 5.92 Å². The maximum absolute atomic E-state index is 13.5. The molecule has 0 radical (unpaired) electrons. The van der Waals surface area contributed by atoms with Crippen molar-refractivity contribution >= 4 is 23.2 Å². The molecule has 6 rings (SSSR count). The predicted molar refractivity (Wildman–Crippen MR) is 144 cm³/mol. The normalized spacial score (nSPS) is 19.8. The van der Waals surface area contributed by atoms with Crippen LogP contribution < -0.4 is 4.74 Å². The Morgan fingerprint density at radius 1 is 1.08 bits per heavy atom. The lowest BCUT2D eigenvalue weighted by Crippen LogP contribution is -2.56. The number of ether oxygens (including phenoxy) is 1. The number of aromatic nitrogens is 3. The minimum atomic E-state index is -0.00962. The second-order valence-corrected chi connectivity index (χ2v) is 10.5. The van der Waals surface area contributed by atoms with Gasteiger partial charge in [-0.05, 0) is 62.1 Å². The molecule has 0 saturated carbocycles. The monoisotopic (exact) mass is 515 g/mol. The van der Waals surface area contributed by atoms with Crippen LogP contribution in [-0.2, 0) is 6.54 Å². The molecule has 0 spiro atoms. The van der Waals surface area contributed by atoms with Crippen molar-refractivity contribution in [1.29, 1.82) is 0 Å². The molecule has 4 aromatic rings. The number of fused-ring (bicyclic) bond motifs is 3. The number of methoxy groups -OCH3 is 1. The molecule has 2 saturated heterocycles. The molecule has 8 heteroatoms. The number of likely N-dealkylation sites (tertiary alicyclic amines) is 2. The van der Waals surface area contributed by atoms with Gasteiger partial charge in [0.1, 0.15) is 11.3 Å². The van der Waals surface area contributed by atoms with Crippen molar-refractivity contribution in [3.05, 3.63) is 82.8 Å². The van der Waals surface area contributed by atoms with Crippen LogP contribution in [0.5, 0.6) is 5.88 Å². The van der Waals surface area contributed by atoms with Crippen molar-refractivity contribution < 1.29 is 9.53 Å². The molecule has 1 aromatic carbocycles. The first kappa shape index (κ1) is 23.9. The molecule has 0 N–H and O–H groups in total. The van der Waals surface area contributed by atoms with E-state index in [0.717, 1.165) is 60.6 Å². The maximum Gasteiger partial charge on any atom is 0.272 e. The summed E-state index contributed by atoms with van der Waals surface area (Å²) < 4.78 is 7.47. The topological polar surface area (TPSA) is 63.0 Å². The summed E-state index contributed by atoms with van der Waals surface area (Å²) in [6.45, 7) is 5.18. The van der Waals surface area contributed by atoms with E-state index in [1.54, 1.807) is 13.2 Å². The molecule has 0 aliphatic carbocycles. The van der Waals surface area contributed by atoms with Gasteiger partial charge in [-0.25, -0.2) is 9.97 Å². The van der Waals surface area contributed by atoms with E-state index in [9.17, 15) is 4.79 Å². The fourth-order valence-corrected chi connectivity index (χ4v) is 5.90. The minimum Gasteiger partial charge on any atom is -0.481 e. The number of carbonyl (C=O) groups is 1. The highest BCUT2D eigenvalue weighted by Gasteiger charge is 2.38. The van der Waals surface area contributed by atoms with Gasteiger partial charge in [0, 0.05) is 48.5 Å². The summed E-state index contributed by atoms with van der Waals surface area (Å²) >= 11 is 6.16. The van der Waals surface area contributed by atoms with E-state index in [0.29, 0.717) is 29.1 Å². The molecule has 190 valence electrons.